The second-order valence-corrected chi connectivity index (χ2v) is 6.32. The molecule has 0 aliphatic carbocycles. The van der Waals surface area contributed by atoms with E-state index in [0.717, 1.165) is 10.7 Å². The van der Waals surface area contributed by atoms with Crippen molar-refractivity contribution < 1.29 is 27.4 Å². The Bertz CT molecular complexity index is 1040. The number of hydrogen-bond acceptors (Lipinski definition) is 5. The average Bonchev–Trinajstić information content (AvgIpc) is 3.34. The highest BCUT2D eigenvalue weighted by Gasteiger charge is 2.33. The number of nitrogens with one attached hydrogen (secondary N) is 1. The normalized spacial score (nSPS) is 11.4. The molecule has 3 aromatic rings. The fraction of sp³-hybridized carbons (Fsp3) is 0.316. The van der Waals surface area contributed by atoms with E-state index in [1.54, 1.807) is 38.4 Å². The predicted octanol–water partition coefficient (Wildman–Crippen LogP) is 2.75. The molecule has 2 aromatic heterocycles. The maximum absolute atomic E-state index is 12.6. The Morgan fingerprint density at radius 2 is 1.90 bits per heavy atom. The zero-order valence-electron chi connectivity index (χ0n) is 16.5. The molecule has 0 saturated heterocycles. The molecule has 0 fully saturated rings. The fourth-order valence-electron chi connectivity index (χ4n) is 2.84. The minimum atomic E-state index is -4.50. The van der Waals surface area contributed by atoms with E-state index in [1.807, 2.05) is 0 Å². The molecule has 11 heteroatoms. The average molecular weight is 423 g/mol. The number of benzene rings is 1. The van der Waals surface area contributed by atoms with Gasteiger partial charge >= 0.3 is 6.18 Å². The van der Waals surface area contributed by atoms with Gasteiger partial charge in [0, 0.05) is 25.4 Å². The molecule has 8 nitrogen and oxygen atoms in total. The van der Waals surface area contributed by atoms with Gasteiger partial charge in [-0.3, -0.25) is 14.2 Å². The number of ether oxygens (including phenoxy) is 2. The Labute approximate surface area is 170 Å². The molecule has 160 valence electrons. The summed E-state index contributed by atoms with van der Waals surface area (Å²) in [6, 6.07) is 7.72. The van der Waals surface area contributed by atoms with E-state index in [1.165, 1.54) is 18.0 Å². The molecule has 0 radical (unpaired) electrons. The minimum absolute atomic E-state index is 0.0935. The number of halogens is 3. The maximum Gasteiger partial charge on any atom is 0.435 e. The molecule has 0 bridgehead atoms. The summed E-state index contributed by atoms with van der Waals surface area (Å²) in [5.74, 6) is 0.765. The van der Waals surface area contributed by atoms with E-state index < -0.39 is 17.8 Å². The van der Waals surface area contributed by atoms with Crippen molar-refractivity contribution in [1.29, 1.82) is 0 Å². The molecule has 0 aliphatic rings. The molecule has 30 heavy (non-hydrogen) atoms. The van der Waals surface area contributed by atoms with Crippen LogP contribution >= 0.6 is 0 Å². The molecule has 1 amide bonds. The quantitative estimate of drug-likeness (QED) is 0.632. The third-order valence-corrected chi connectivity index (χ3v) is 4.35. The topological polar surface area (TPSA) is 83.2 Å². The van der Waals surface area contributed by atoms with Gasteiger partial charge in [-0.25, -0.2) is 0 Å². The van der Waals surface area contributed by atoms with Gasteiger partial charge in [0.05, 0.1) is 26.5 Å². The minimum Gasteiger partial charge on any atom is -0.497 e. The number of carbonyl (C=O) groups is 1. The summed E-state index contributed by atoms with van der Waals surface area (Å²) < 4.78 is 50.9. The van der Waals surface area contributed by atoms with Crippen molar-refractivity contribution in [2.45, 2.75) is 12.7 Å². The number of alkyl halides is 3. The van der Waals surface area contributed by atoms with Gasteiger partial charge in [0.1, 0.15) is 17.2 Å². The molecule has 0 unspecified atom stereocenters. The van der Waals surface area contributed by atoms with Crippen LogP contribution in [0.5, 0.6) is 11.5 Å². The molecule has 2 heterocycles. The van der Waals surface area contributed by atoms with Gasteiger partial charge in [-0.1, -0.05) is 0 Å². The standard InChI is InChI=1S/C19H20F3N5O3/c1-26-15(11-14(24-26)13-10-12(29-2)4-5-16(13)30-3)18(28)23-7-9-27-8-6-17(25-27)19(20,21)22/h4-6,8,10-11H,7,9H2,1-3H3,(H,23,28). The Morgan fingerprint density at radius 3 is 2.53 bits per heavy atom. The summed E-state index contributed by atoms with van der Waals surface area (Å²) in [6.45, 7) is 0.192. The summed E-state index contributed by atoms with van der Waals surface area (Å²) in [7, 11) is 4.69. The van der Waals surface area contributed by atoms with Crippen molar-refractivity contribution in [1.82, 2.24) is 24.9 Å². The molecular formula is C19H20F3N5O3. The van der Waals surface area contributed by atoms with Crippen molar-refractivity contribution in [2.75, 3.05) is 20.8 Å². The largest absolute Gasteiger partial charge is 0.497 e. The fourth-order valence-corrected chi connectivity index (χ4v) is 2.84. The highest BCUT2D eigenvalue weighted by Crippen LogP contribution is 2.33. The van der Waals surface area contributed by atoms with E-state index >= 15 is 0 Å². The van der Waals surface area contributed by atoms with Crippen LogP contribution in [0.4, 0.5) is 13.2 Å². The van der Waals surface area contributed by atoms with Crippen LogP contribution in [0, 0.1) is 0 Å². The molecule has 0 aliphatic heterocycles. The Balaban J connectivity index is 1.69. The lowest BCUT2D eigenvalue weighted by Gasteiger charge is -2.08. The number of methoxy groups -OCH3 is 2. The van der Waals surface area contributed by atoms with Crippen molar-refractivity contribution in [3.8, 4) is 22.8 Å². The Morgan fingerprint density at radius 1 is 1.13 bits per heavy atom. The van der Waals surface area contributed by atoms with E-state index in [9.17, 15) is 18.0 Å². The highest BCUT2D eigenvalue weighted by molar-refractivity contribution is 5.93. The lowest BCUT2D eigenvalue weighted by molar-refractivity contribution is -0.141. The predicted molar refractivity (Wildman–Crippen MR) is 101 cm³/mol. The SMILES string of the molecule is COc1ccc(OC)c(-c2cc(C(=O)NCCn3ccc(C(F)(F)F)n3)n(C)n2)c1. The molecular weight excluding hydrogens is 403 g/mol. The molecule has 1 N–H and O–H groups in total. The summed E-state index contributed by atoms with van der Waals surface area (Å²) in [5, 5.41) is 10.5. The van der Waals surface area contributed by atoms with Gasteiger partial charge in [0.2, 0.25) is 0 Å². The van der Waals surface area contributed by atoms with Crippen molar-refractivity contribution >= 4 is 5.91 Å². The lowest BCUT2D eigenvalue weighted by atomic mass is 10.1. The first kappa shape index (κ1) is 21.2. The first-order valence-electron chi connectivity index (χ1n) is 8.88. The van der Waals surface area contributed by atoms with Crippen LogP contribution in [-0.4, -0.2) is 46.2 Å². The number of carbonyl (C=O) groups excluding carboxylic acids is 1. The van der Waals surface area contributed by atoms with Crippen molar-refractivity contribution in [3.63, 3.8) is 0 Å². The van der Waals surface area contributed by atoms with Gasteiger partial charge in [0.25, 0.3) is 5.91 Å². The van der Waals surface area contributed by atoms with Crippen LogP contribution in [0.25, 0.3) is 11.3 Å². The van der Waals surface area contributed by atoms with Crippen LogP contribution in [0.15, 0.2) is 36.5 Å². The van der Waals surface area contributed by atoms with Crippen LogP contribution in [-0.2, 0) is 19.8 Å². The van der Waals surface area contributed by atoms with Crippen LogP contribution in [0.2, 0.25) is 0 Å². The first-order chi connectivity index (χ1) is 14.2. The second kappa shape index (κ2) is 8.47. The smallest absolute Gasteiger partial charge is 0.435 e. The third kappa shape index (κ3) is 4.56. The number of rotatable bonds is 7. The molecule has 0 spiro atoms. The summed E-state index contributed by atoms with van der Waals surface area (Å²) in [4.78, 5) is 12.5. The zero-order valence-corrected chi connectivity index (χ0v) is 16.5. The van der Waals surface area contributed by atoms with E-state index in [4.69, 9.17) is 9.47 Å². The van der Waals surface area contributed by atoms with E-state index in [0.29, 0.717) is 22.8 Å². The van der Waals surface area contributed by atoms with Crippen molar-refractivity contribution in [3.05, 3.63) is 47.9 Å². The lowest BCUT2D eigenvalue weighted by Crippen LogP contribution is -2.29. The summed E-state index contributed by atoms with van der Waals surface area (Å²) in [6.07, 6.45) is -3.28. The van der Waals surface area contributed by atoms with Gasteiger partial charge in [-0.15, -0.1) is 0 Å². The molecule has 0 saturated carbocycles. The maximum atomic E-state index is 12.6. The molecule has 1 aromatic carbocycles. The Kier molecular flexibility index (Phi) is 5.99. The monoisotopic (exact) mass is 423 g/mol. The zero-order chi connectivity index (χ0) is 21.9. The second-order valence-electron chi connectivity index (χ2n) is 6.32. The summed E-state index contributed by atoms with van der Waals surface area (Å²) in [5.41, 5.74) is 0.478. The number of nitrogens with zero attached hydrogens (tertiary/aromatic N) is 4. The third-order valence-electron chi connectivity index (χ3n) is 4.35. The van der Waals surface area contributed by atoms with Crippen LogP contribution < -0.4 is 14.8 Å². The van der Waals surface area contributed by atoms with Gasteiger partial charge in [-0.2, -0.15) is 23.4 Å². The van der Waals surface area contributed by atoms with Crippen LogP contribution in [0.1, 0.15) is 16.2 Å². The summed E-state index contributed by atoms with van der Waals surface area (Å²) >= 11 is 0. The van der Waals surface area contributed by atoms with Crippen LogP contribution in [0.3, 0.4) is 0 Å². The van der Waals surface area contributed by atoms with E-state index in [2.05, 4.69) is 15.5 Å². The van der Waals surface area contributed by atoms with E-state index in [-0.39, 0.29) is 18.8 Å². The van der Waals surface area contributed by atoms with Crippen molar-refractivity contribution in [2.24, 2.45) is 7.05 Å². The molecule has 0 atom stereocenters. The number of aromatic nitrogens is 4. The highest BCUT2D eigenvalue weighted by atomic mass is 19.4. The van der Waals surface area contributed by atoms with Gasteiger partial charge < -0.3 is 14.8 Å². The van der Waals surface area contributed by atoms with Gasteiger partial charge in [0.15, 0.2) is 5.69 Å². The Hall–Kier alpha value is -3.50. The van der Waals surface area contributed by atoms with Gasteiger partial charge in [-0.05, 0) is 30.3 Å². The number of aryl methyl sites for hydroxylation is 1. The molecule has 3 rings (SSSR count). The first-order valence-corrected chi connectivity index (χ1v) is 8.88. The number of amides is 1. The number of hydrogen-bond donors (Lipinski definition) is 1.